The average Bonchev–Trinajstić information content (AvgIpc) is 3.00. The van der Waals surface area contributed by atoms with Gasteiger partial charge in [0, 0.05) is 17.0 Å². The van der Waals surface area contributed by atoms with Crippen LogP contribution in [-0.2, 0) is 0 Å². The van der Waals surface area contributed by atoms with Crippen molar-refractivity contribution in [1.29, 1.82) is 0 Å². The molecular formula is C16H19N. The van der Waals surface area contributed by atoms with Crippen molar-refractivity contribution in [3.63, 3.8) is 0 Å². The predicted molar refractivity (Wildman–Crippen MR) is 72.0 cm³/mol. The molecule has 0 spiro atoms. The van der Waals surface area contributed by atoms with Crippen molar-refractivity contribution in [2.45, 2.75) is 26.7 Å². The van der Waals surface area contributed by atoms with Crippen LogP contribution in [0.3, 0.4) is 0 Å². The Morgan fingerprint density at radius 2 is 1.82 bits per heavy atom. The summed E-state index contributed by atoms with van der Waals surface area (Å²) in [6.45, 7) is 7.00. The number of aromatic nitrogens is 1. The fourth-order valence-corrected chi connectivity index (χ4v) is 3.25. The molecule has 3 atom stereocenters. The van der Waals surface area contributed by atoms with Gasteiger partial charge in [0.1, 0.15) is 0 Å². The van der Waals surface area contributed by atoms with Crippen LogP contribution in [0.25, 0.3) is 10.9 Å². The van der Waals surface area contributed by atoms with Crippen LogP contribution in [-0.4, -0.2) is 4.98 Å². The molecule has 1 aromatic carbocycles. The molecule has 0 bridgehead atoms. The molecule has 0 radical (unpaired) electrons. The predicted octanol–water partition coefficient (Wildman–Crippen LogP) is 4.24. The molecule has 17 heavy (non-hydrogen) atoms. The van der Waals surface area contributed by atoms with E-state index in [1.54, 1.807) is 0 Å². The van der Waals surface area contributed by atoms with Gasteiger partial charge in [-0.05, 0) is 29.9 Å². The molecule has 1 aliphatic carbocycles. The van der Waals surface area contributed by atoms with Gasteiger partial charge in [0.15, 0.2) is 0 Å². The van der Waals surface area contributed by atoms with Crippen LogP contribution in [0.4, 0.5) is 0 Å². The second kappa shape index (κ2) is 3.83. The van der Waals surface area contributed by atoms with Crippen molar-refractivity contribution in [1.82, 2.24) is 4.98 Å². The lowest BCUT2D eigenvalue weighted by atomic mass is 10.1. The van der Waals surface area contributed by atoms with Gasteiger partial charge in [-0.3, -0.25) is 4.98 Å². The van der Waals surface area contributed by atoms with Crippen LogP contribution in [0, 0.1) is 17.8 Å². The molecule has 1 heterocycles. The fourth-order valence-electron chi connectivity index (χ4n) is 3.25. The average molecular weight is 225 g/mol. The second-order valence-corrected chi connectivity index (χ2v) is 5.64. The number of fused-ring (bicyclic) bond motifs is 1. The molecule has 1 saturated carbocycles. The number of rotatable bonds is 2. The summed E-state index contributed by atoms with van der Waals surface area (Å²) in [5.74, 6) is 3.07. The summed E-state index contributed by atoms with van der Waals surface area (Å²) >= 11 is 0. The molecule has 1 fully saturated rings. The lowest BCUT2D eigenvalue weighted by Gasteiger charge is -2.04. The quantitative estimate of drug-likeness (QED) is 0.745. The molecule has 3 rings (SSSR count). The Bertz CT molecular complexity index is 544. The molecule has 1 aromatic heterocycles. The van der Waals surface area contributed by atoms with Gasteiger partial charge in [0.2, 0.25) is 0 Å². The Balaban J connectivity index is 1.97. The van der Waals surface area contributed by atoms with E-state index in [0.717, 1.165) is 23.3 Å². The molecule has 2 aromatic rings. The number of hydrogen-bond acceptors (Lipinski definition) is 1. The Morgan fingerprint density at radius 1 is 1.06 bits per heavy atom. The third kappa shape index (κ3) is 1.74. The maximum Gasteiger partial charge on any atom is 0.0705 e. The Labute approximate surface area is 103 Å². The van der Waals surface area contributed by atoms with Gasteiger partial charge in [-0.25, -0.2) is 0 Å². The first-order valence-electron chi connectivity index (χ1n) is 6.54. The van der Waals surface area contributed by atoms with Gasteiger partial charge in [0.05, 0.1) is 5.52 Å². The fraction of sp³-hybridized carbons (Fsp3) is 0.438. The number of nitrogens with zero attached hydrogens (tertiary/aromatic N) is 1. The maximum atomic E-state index is 4.82. The molecule has 0 aliphatic heterocycles. The molecule has 1 heteroatoms. The minimum absolute atomic E-state index is 0.680. The van der Waals surface area contributed by atoms with E-state index in [0.29, 0.717) is 5.92 Å². The molecule has 2 unspecified atom stereocenters. The molecule has 88 valence electrons. The topological polar surface area (TPSA) is 12.9 Å². The zero-order valence-electron chi connectivity index (χ0n) is 10.7. The van der Waals surface area contributed by atoms with Gasteiger partial charge < -0.3 is 0 Å². The van der Waals surface area contributed by atoms with Crippen molar-refractivity contribution < 1.29 is 0 Å². The van der Waals surface area contributed by atoms with E-state index in [4.69, 9.17) is 4.98 Å². The van der Waals surface area contributed by atoms with Gasteiger partial charge in [0.25, 0.3) is 0 Å². The van der Waals surface area contributed by atoms with Crippen molar-refractivity contribution in [2.75, 3.05) is 0 Å². The second-order valence-electron chi connectivity index (χ2n) is 5.64. The molecule has 0 amide bonds. The Morgan fingerprint density at radius 3 is 2.53 bits per heavy atom. The maximum absolute atomic E-state index is 4.82. The van der Waals surface area contributed by atoms with Gasteiger partial charge >= 0.3 is 0 Å². The summed E-state index contributed by atoms with van der Waals surface area (Å²) in [4.78, 5) is 4.82. The minimum atomic E-state index is 0.680. The van der Waals surface area contributed by atoms with Crippen LogP contribution in [0.1, 0.15) is 32.4 Å². The number of hydrogen-bond donors (Lipinski definition) is 0. The zero-order chi connectivity index (χ0) is 12.0. The van der Waals surface area contributed by atoms with E-state index >= 15 is 0 Å². The number of benzene rings is 1. The van der Waals surface area contributed by atoms with Crippen molar-refractivity contribution in [3.8, 4) is 0 Å². The first-order chi connectivity index (χ1) is 8.18. The molecule has 0 saturated heterocycles. The summed E-state index contributed by atoms with van der Waals surface area (Å²) in [5.41, 5.74) is 2.42. The highest BCUT2D eigenvalue weighted by atomic mass is 14.7. The third-order valence-electron chi connectivity index (χ3n) is 4.18. The van der Waals surface area contributed by atoms with E-state index in [1.165, 1.54) is 11.1 Å². The zero-order valence-corrected chi connectivity index (χ0v) is 10.7. The smallest absolute Gasteiger partial charge is 0.0705 e. The van der Waals surface area contributed by atoms with Crippen molar-refractivity contribution >= 4 is 10.9 Å². The van der Waals surface area contributed by atoms with Crippen molar-refractivity contribution in [2.24, 2.45) is 17.8 Å². The van der Waals surface area contributed by atoms with Crippen LogP contribution >= 0.6 is 0 Å². The van der Waals surface area contributed by atoms with E-state index in [2.05, 4.69) is 57.2 Å². The van der Waals surface area contributed by atoms with E-state index < -0.39 is 0 Å². The highest BCUT2D eigenvalue weighted by Crippen LogP contribution is 2.56. The van der Waals surface area contributed by atoms with Crippen LogP contribution in [0.5, 0.6) is 0 Å². The first kappa shape index (κ1) is 10.8. The Hall–Kier alpha value is -1.37. The lowest BCUT2D eigenvalue weighted by molar-refractivity contribution is 0.523. The van der Waals surface area contributed by atoms with Gasteiger partial charge in [-0.15, -0.1) is 0 Å². The SMILES string of the molecule is CC(C)[C@@H]1C(C)C1c1ccc2ccccc2n1. The summed E-state index contributed by atoms with van der Waals surface area (Å²) < 4.78 is 0. The number of pyridine rings is 1. The van der Waals surface area contributed by atoms with E-state index in [-0.39, 0.29) is 0 Å². The summed E-state index contributed by atoms with van der Waals surface area (Å²) in [6.07, 6.45) is 0. The normalized spacial score (nSPS) is 27.6. The number of para-hydroxylation sites is 1. The lowest BCUT2D eigenvalue weighted by Crippen LogP contribution is -1.94. The molecule has 0 N–H and O–H groups in total. The Kier molecular flexibility index (Phi) is 2.43. The monoisotopic (exact) mass is 225 g/mol. The highest BCUT2D eigenvalue weighted by molar-refractivity contribution is 5.78. The molecule has 1 aliphatic rings. The summed E-state index contributed by atoms with van der Waals surface area (Å²) in [6, 6.07) is 12.8. The van der Waals surface area contributed by atoms with Crippen LogP contribution < -0.4 is 0 Å². The largest absolute Gasteiger partial charge is 0.253 e. The minimum Gasteiger partial charge on any atom is -0.253 e. The molecular weight excluding hydrogens is 206 g/mol. The summed E-state index contributed by atoms with van der Waals surface area (Å²) in [5, 5.41) is 1.24. The van der Waals surface area contributed by atoms with E-state index in [1.807, 2.05) is 0 Å². The first-order valence-corrected chi connectivity index (χ1v) is 6.54. The third-order valence-corrected chi connectivity index (χ3v) is 4.18. The standard InChI is InChI=1S/C16H19N/c1-10(2)15-11(3)16(15)14-9-8-12-6-4-5-7-13(12)17-14/h4-11,15-16H,1-3H3/t11?,15-,16?/m1/s1. The highest BCUT2D eigenvalue weighted by Gasteiger charge is 2.49. The molecule has 1 nitrogen and oxygen atoms in total. The summed E-state index contributed by atoms with van der Waals surface area (Å²) in [7, 11) is 0. The van der Waals surface area contributed by atoms with Gasteiger partial charge in [-0.1, -0.05) is 45.0 Å². The van der Waals surface area contributed by atoms with E-state index in [9.17, 15) is 0 Å². The van der Waals surface area contributed by atoms with Crippen LogP contribution in [0.15, 0.2) is 36.4 Å². The van der Waals surface area contributed by atoms with Gasteiger partial charge in [-0.2, -0.15) is 0 Å². The van der Waals surface area contributed by atoms with Crippen molar-refractivity contribution in [3.05, 3.63) is 42.1 Å². The van der Waals surface area contributed by atoms with Crippen LogP contribution in [0.2, 0.25) is 0 Å².